The fourth-order valence-electron chi connectivity index (χ4n) is 5.47. The van der Waals surface area contributed by atoms with Crippen LogP contribution in [0.2, 0.25) is 0 Å². The van der Waals surface area contributed by atoms with Crippen LogP contribution < -0.4 is 20.5 Å². The van der Waals surface area contributed by atoms with Gasteiger partial charge in [-0.15, -0.1) is 0 Å². The zero-order valence-electron chi connectivity index (χ0n) is 21.6. The summed E-state index contributed by atoms with van der Waals surface area (Å²) in [6, 6.07) is 9.90. The molecule has 3 aliphatic rings. The number of aromatic nitrogens is 5. The van der Waals surface area contributed by atoms with Crippen molar-refractivity contribution in [3.05, 3.63) is 70.2 Å². The summed E-state index contributed by atoms with van der Waals surface area (Å²) in [6.07, 6.45) is 8.15. The first-order valence-electron chi connectivity index (χ1n) is 13.2. The number of fused-ring (bicyclic) bond motifs is 6. The highest BCUT2D eigenvalue weighted by molar-refractivity contribution is 5.96. The van der Waals surface area contributed by atoms with Crippen LogP contribution in [0.5, 0.6) is 5.75 Å². The van der Waals surface area contributed by atoms with E-state index in [1.807, 2.05) is 18.2 Å². The second-order valence-electron chi connectivity index (χ2n) is 10.2. The summed E-state index contributed by atoms with van der Waals surface area (Å²) in [5.41, 5.74) is 3.75. The van der Waals surface area contributed by atoms with Gasteiger partial charge in [0.25, 0.3) is 11.5 Å². The summed E-state index contributed by atoms with van der Waals surface area (Å²) < 4.78 is 8.95. The number of amides is 1. The van der Waals surface area contributed by atoms with E-state index in [0.29, 0.717) is 47.5 Å². The SMILES string of the molecule is CN1CCc2ccc(Nc3ncc4c(=O)n5n(c4n3)-c3ccc4c(n3)N(CCC/C=C\C5)C(=O)CO4)cc2C1. The summed E-state index contributed by atoms with van der Waals surface area (Å²) in [5, 5.41) is 3.71. The van der Waals surface area contributed by atoms with Gasteiger partial charge in [-0.25, -0.2) is 19.3 Å². The molecular formula is C28H28N8O3. The van der Waals surface area contributed by atoms with Gasteiger partial charge in [0.05, 0.1) is 6.54 Å². The molecule has 0 unspecified atom stereocenters. The van der Waals surface area contributed by atoms with Gasteiger partial charge in [0.1, 0.15) is 5.39 Å². The van der Waals surface area contributed by atoms with E-state index in [1.165, 1.54) is 11.1 Å². The number of anilines is 3. The molecule has 198 valence electrons. The van der Waals surface area contributed by atoms with E-state index >= 15 is 0 Å². The average Bonchev–Trinajstić information content (AvgIpc) is 3.20. The molecule has 0 radical (unpaired) electrons. The van der Waals surface area contributed by atoms with Crippen molar-refractivity contribution in [1.29, 1.82) is 0 Å². The monoisotopic (exact) mass is 524 g/mol. The van der Waals surface area contributed by atoms with Crippen LogP contribution >= 0.6 is 0 Å². The highest BCUT2D eigenvalue weighted by atomic mass is 16.5. The molecule has 0 spiro atoms. The number of allylic oxidation sites excluding steroid dienone is 2. The van der Waals surface area contributed by atoms with Crippen LogP contribution in [0.25, 0.3) is 16.9 Å². The Morgan fingerprint density at radius 2 is 1.95 bits per heavy atom. The minimum Gasteiger partial charge on any atom is -0.480 e. The summed E-state index contributed by atoms with van der Waals surface area (Å²) >= 11 is 0. The van der Waals surface area contributed by atoms with Crippen molar-refractivity contribution in [2.24, 2.45) is 0 Å². The molecule has 11 nitrogen and oxygen atoms in total. The quantitative estimate of drug-likeness (QED) is 0.399. The first-order chi connectivity index (χ1) is 19.0. The standard InChI is InChI=1S/C28H28N8O3/c1-33-13-10-18-6-7-20(14-19(18)16-33)30-28-29-15-21-25(32-28)36-23-9-8-22-26(31-23)34(24(37)17-39-22)11-4-2-3-5-12-35(36)27(21)38/h3,5-9,14-15H,2,4,10-13,16-17H2,1H3,(H,29,30,32)/b5-3-. The van der Waals surface area contributed by atoms with Crippen molar-refractivity contribution in [2.75, 3.05) is 37.0 Å². The maximum atomic E-state index is 13.5. The molecule has 2 bridgehead atoms. The number of carbonyl (C=O) groups is 1. The normalized spacial score (nSPS) is 18.0. The molecule has 7 rings (SSSR count). The predicted molar refractivity (Wildman–Crippen MR) is 147 cm³/mol. The summed E-state index contributed by atoms with van der Waals surface area (Å²) in [6.45, 7) is 2.84. The van der Waals surface area contributed by atoms with Gasteiger partial charge in [-0.2, -0.15) is 4.98 Å². The van der Waals surface area contributed by atoms with Crippen molar-refractivity contribution in [3.8, 4) is 11.6 Å². The zero-order valence-corrected chi connectivity index (χ0v) is 21.6. The van der Waals surface area contributed by atoms with E-state index in [9.17, 15) is 9.59 Å². The zero-order chi connectivity index (χ0) is 26.5. The Morgan fingerprint density at radius 3 is 2.87 bits per heavy atom. The predicted octanol–water partition coefficient (Wildman–Crippen LogP) is 2.78. The molecule has 3 aromatic heterocycles. The molecule has 3 aliphatic heterocycles. The molecule has 4 aromatic rings. The molecule has 1 aromatic carbocycles. The fraction of sp³-hybridized carbons (Fsp3) is 0.321. The number of pyridine rings is 1. The lowest BCUT2D eigenvalue weighted by atomic mass is 9.99. The number of hydrogen-bond acceptors (Lipinski definition) is 8. The fourth-order valence-corrected chi connectivity index (χ4v) is 5.47. The van der Waals surface area contributed by atoms with Crippen LogP contribution in [0.15, 0.2) is 53.5 Å². The third-order valence-corrected chi connectivity index (χ3v) is 7.49. The summed E-state index contributed by atoms with van der Waals surface area (Å²) in [7, 11) is 2.12. The lowest BCUT2D eigenvalue weighted by molar-refractivity contribution is -0.121. The number of carbonyl (C=O) groups excluding carboxylic acids is 1. The largest absolute Gasteiger partial charge is 0.480 e. The molecule has 0 saturated heterocycles. The van der Waals surface area contributed by atoms with E-state index in [4.69, 9.17) is 14.7 Å². The first-order valence-corrected chi connectivity index (χ1v) is 13.2. The highest BCUT2D eigenvalue weighted by Gasteiger charge is 2.28. The Balaban J connectivity index is 1.35. The third kappa shape index (κ3) is 4.15. The molecule has 0 fully saturated rings. The minimum absolute atomic E-state index is 0.0116. The smallest absolute Gasteiger partial charge is 0.278 e. The molecule has 11 heteroatoms. The molecule has 0 atom stereocenters. The van der Waals surface area contributed by atoms with Gasteiger partial charge in [0.2, 0.25) is 5.95 Å². The molecule has 0 saturated carbocycles. The Labute approximate surface area is 224 Å². The Kier molecular flexibility index (Phi) is 5.66. The maximum Gasteiger partial charge on any atom is 0.278 e. The van der Waals surface area contributed by atoms with Crippen LogP contribution in [-0.2, 0) is 24.3 Å². The Hall–Kier alpha value is -4.51. The van der Waals surface area contributed by atoms with Crippen LogP contribution in [0.3, 0.4) is 0 Å². The highest BCUT2D eigenvalue weighted by Crippen LogP contribution is 2.32. The number of nitrogens with one attached hydrogen (secondary N) is 1. The molecule has 0 aliphatic carbocycles. The number of ether oxygens (including phenoxy) is 1. The van der Waals surface area contributed by atoms with Crippen LogP contribution in [0.4, 0.5) is 17.5 Å². The van der Waals surface area contributed by atoms with Crippen molar-refractivity contribution >= 4 is 34.4 Å². The topological polar surface area (TPSA) is 110 Å². The van der Waals surface area contributed by atoms with Crippen LogP contribution in [0.1, 0.15) is 24.0 Å². The molecular weight excluding hydrogens is 496 g/mol. The first kappa shape index (κ1) is 23.6. The van der Waals surface area contributed by atoms with Crippen LogP contribution in [0, 0.1) is 0 Å². The third-order valence-electron chi connectivity index (χ3n) is 7.49. The van der Waals surface area contributed by atoms with Crippen LogP contribution in [-0.4, -0.2) is 61.9 Å². The summed E-state index contributed by atoms with van der Waals surface area (Å²) in [4.78, 5) is 44.2. The van der Waals surface area contributed by atoms with Gasteiger partial charge < -0.3 is 15.0 Å². The van der Waals surface area contributed by atoms with Crippen molar-refractivity contribution < 1.29 is 9.53 Å². The average molecular weight is 525 g/mol. The number of rotatable bonds is 2. The molecule has 39 heavy (non-hydrogen) atoms. The van der Waals surface area contributed by atoms with E-state index in [-0.39, 0.29) is 18.1 Å². The van der Waals surface area contributed by atoms with Gasteiger partial charge in [-0.1, -0.05) is 18.2 Å². The number of nitrogens with zero attached hydrogens (tertiary/aromatic N) is 7. The van der Waals surface area contributed by atoms with Gasteiger partial charge in [0.15, 0.2) is 29.6 Å². The Bertz CT molecular complexity index is 1710. The lowest BCUT2D eigenvalue weighted by Gasteiger charge is -2.28. The second-order valence-corrected chi connectivity index (χ2v) is 10.2. The van der Waals surface area contributed by atoms with Gasteiger partial charge >= 0.3 is 0 Å². The van der Waals surface area contributed by atoms with Gasteiger partial charge in [0, 0.05) is 31.5 Å². The minimum atomic E-state index is -0.209. The van der Waals surface area contributed by atoms with Crippen molar-refractivity contribution in [3.63, 3.8) is 0 Å². The lowest BCUT2D eigenvalue weighted by Crippen LogP contribution is -2.40. The number of hydrogen-bond donors (Lipinski definition) is 1. The number of benzene rings is 1. The van der Waals surface area contributed by atoms with E-state index in [0.717, 1.165) is 38.0 Å². The number of likely N-dealkylation sites (N-methyl/N-ethyl adjacent to an activating group) is 1. The Morgan fingerprint density at radius 1 is 1.03 bits per heavy atom. The van der Waals surface area contributed by atoms with E-state index < -0.39 is 0 Å². The van der Waals surface area contributed by atoms with E-state index in [2.05, 4.69) is 34.4 Å². The van der Waals surface area contributed by atoms with Gasteiger partial charge in [-0.05, 0) is 61.7 Å². The summed E-state index contributed by atoms with van der Waals surface area (Å²) in [5.74, 6) is 1.73. The van der Waals surface area contributed by atoms with E-state index in [1.54, 1.807) is 32.6 Å². The van der Waals surface area contributed by atoms with Gasteiger partial charge in [-0.3, -0.25) is 14.5 Å². The van der Waals surface area contributed by atoms with Crippen molar-refractivity contribution in [1.82, 2.24) is 29.2 Å². The molecule has 1 amide bonds. The molecule has 6 heterocycles. The molecule has 1 N–H and O–H groups in total. The second kappa shape index (κ2) is 9.35. The van der Waals surface area contributed by atoms with Crippen molar-refractivity contribution in [2.45, 2.75) is 32.4 Å². The maximum absolute atomic E-state index is 13.5.